The highest BCUT2D eigenvalue weighted by Gasteiger charge is 2.39. The van der Waals surface area contributed by atoms with Gasteiger partial charge in [0, 0.05) is 18.2 Å². The first-order valence-corrected chi connectivity index (χ1v) is 10.0. The Labute approximate surface area is 183 Å². The van der Waals surface area contributed by atoms with E-state index in [9.17, 15) is 19.5 Å². The highest BCUT2D eigenvalue weighted by Crippen LogP contribution is 2.30. The maximum absolute atomic E-state index is 12.5. The van der Waals surface area contributed by atoms with Gasteiger partial charge in [0.2, 0.25) is 0 Å². The van der Waals surface area contributed by atoms with Gasteiger partial charge >= 0.3 is 11.7 Å². The van der Waals surface area contributed by atoms with Crippen molar-refractivity contribution in [1.29, 1.82) is 0 Å². The molecule has 2 N–H and O–H groups in total. The minimum atomic E-state index is -0.781. The number of carbonyl (C=O) groups excluding carboxylic acids is 2. The molecule has 3 atom stereocenters. The van der Waals surface area contributed by atoms with Crippen LogP contribution in [0.5, 0.6) is 0 Å². The maximum Gasteiger partial charge on any atom is 0.351 e. The predicted molar refractivity (Wildman–Crippen MR) is 114 cm³/mol. The Kier molecular flexibility index (Phi) is 6.39. The summed E-state index contributed by atoms with van der Waals surface area (Å²) in [5.41, 5.74) is 0.170. The molecule has 4 rings (SSSR count). The summed E-state index contributed by atoms with van der Waals surface area (Å²) < 4.78 is 12.5. The number of hydrogen-bond donors (Lipinski definition) is 2. The molecule has 9 nitrogen and oxygen atoms in total. The van der Waals surface area contributed by atoms with Crippen molar-refractivity contribution in [3.8, 4) is 0 Å². The highest BCUT2D eigenvalue weighted by molar-refractivity contribution is 6.03. The van der Waals surface area contributed by atoms with Gasteiger partial charge in [-0.3, -0.25) is 9.36 Å². The molecule has 9 heteroatoms. The van der Waals surface area contributed by atoms with E-state index in [0.717, 1.165) is 0 Å². The van der Waals surface area contributed by atoms with E-state index in [0.29, 0.717) is 11.1 Å². The monoisotopic (exact) mass is 435 g/mol. The number of benzene rings is 2. The van der Waals surface area contributed by atoms with Gasteiger partial charge in [-0.05, 0) is 30.3 Å². The van der Waals surface area contributed by atoms with Crippen molar-refractivity contribution >= 4 is 17.7 Å². The quantitative estimate of drug-likeness (QED) is 0.568. The molecule has 2 aromatic carbocycles. The van der Waals surface area contributed by atoms with Gasteiger partial charge < -0.3 is 19.9 Å². The van der Waals surface area contributed by atoms with Crippen LogP contribution in [0.1, 0.15) is 33.4 Å². The van der Waals surface area contributed by atoms with E-state index in [-0.39, 0.29) is 24.8 Å². The lowest BCUT2D eigenvalue weighted by Gasteiger charge is -2.16. The largest absolute Gasteiger partial charge is 0.456 e. The van der Waals surface area contributed by atoms with E-state index in [1.807, 2.05) is 0 Å². The molecule has 1 fully saturated rings. The second-order valence-electron chi connectivity index (χ2n) is 7.18. The van der Waals surface area contributed by atoms with E-state index >= 15 is 0 Å². The fraction of sp³-hybridized carbons (Fsp3) is 0.217. The summed E-state index contributed by atoms with van der Waals surface area (Å²) in [6.07, 6.45) is -0.684. The van der Waals surface area contributed by atoms with Gasteiger partial charge in [-0.2, -0.15) is 4.98 Å². The first-order chi connectivity index (χ1) is 15.5. The second-order valence-corrected chi connectivity index (χ2v) is 7.18. The Morgan fingerprint density at radius 2 is 1.72 bits per heavy atom. The van der Waals surface area contributed by atoms with Crippen LogP contribution in [0, 0.1) is 0 Å². The summed E-state index contributed by atoms with van der Waals surface area (Å²) in [6, 6.07) is 18.5. The molecule has 0 unspecified atom stereocenters. The summed E-state index contributed by atoms with van der Waals surface area (Å²) in [7, 11) is 0. The molecule has 0 spiro atoms. The minimum Gasteiger partial charge on any atom is -0.456 e. The normalized spacial score (nSPS) is 20.0. The Hall–Kier alpha value is -3.82. The molecule has 32 heavy (non-hydrogen) atoms. The molecule has 2 heterocycles. The zero-order valence-electron chi connectivity index (χ0n) is 17.0. The van der Waals surface area contributed by atoms with Gasteiger partial charge in [-0.25, -0.2) is 9.59 Å². The van der Waals surface area contributed by atoms with Gasteiger partial charge in [0.05, 0.1) is 12.2 Å². The Bertz CT molecular complexity index is 1150. The molecule has 1 amide bonds. The van der Waals surface area contributed by atoms with E-state index in [1.54, 1.807) is 60.7 Å². The first-order valence-electron chi connectivity index (χ1n) is 10.0. The van der Waals surface area contributed by atoms with E-state index < -0.39 is 30.1 Å². The van der Waals surface area contributed by atoms with Gasteiger partial charge in [0.15, 0.2) is 0 Å². The standard InChI is InChI=1S/C23H21N3O6/c27-14-18-17(32-22(29)16-9-5-2-6-10-16)13-20(31-18)26-12-11-19(25-23(26)30)24-21(28)15-7-3-1-4-8-15/h1-12,17-18,20,27H,13-14H2,(H,24,25,28,30)/t17-,18+,20+/m0/s1. The molecule has 0 aliphatic carbocycles. The average molecular weight is 435 g/mol. The summed E-state index contributed by atoms with van der Waals surface area (Å²) in [5, 5.41) is 12.2. The van der Waals surface area contributed by atoms with Crippen molar-refractivity contribution in [2.75, 3.05) is 11.9 Å². The topological polar surface area (TPSA) is 120 Å². The maximum atomic E-state index is 12.5. The molecule has 0 radical (unpaired) electrons. The lowest BCUT2D eigenvalue weighted by Crippen LogP contribution is -2.30. The fourth-order valence-corrected chi connectivity index (χ4v) is 3.42. The molecule has 1 saturated heterocycles. The molecule has 1 aliphatic heterocycles. The van der Waals surface area contributed by atoms with Crippen LogP contribution < -0.4 is 11.0 Å². The molecule has 0 bridgehead atoms. The third-order valence-electron chi connectivity index (χ3n) is 5.05. The van der Waals surface area contributed by atoms with Crippen molar-refractivity contribution in [2.45, 2.75) is 24.9 Å². The molecule has 1 aliphatic rings. The van der Waals surface area contributed by atoms with Crippen LogP contribution in [-0.4, -0.2) is 45.3 Å². The van der Waals surface area contributed by atoms with Gasteiger partial charge in [0.25, 0.3) is 5.91 Å². The fourth-order valence-electron chi connectivity index (χ4n) is 3.42. The molecular weight excluding hydrogens is 414 g/mol. The number of aliphatic hydroxyl groups is 1. The van der Waals surface area contributed by atoms with Crippen molar-refractivity contribution in [3.05, 3.63) is 94.5 Å². The number of aliphatic hydroxyl groups excluding tert-OH is 1. The number of anilines is 1. The lowest BCUT2D eigenvalue weighted by molar-refractivity contribution is -0.0521. The summed E-state index contributed by atoms with van der Waals surface area (Å²) in [4.78, 5) is 41.0. The Morgan fingerprint density at radius 3 is 2.34 bits per heavy atom. The number of esters is 1. The number of hydrogen-bond acceptors (Lipinski definition) is 7. The SMILES string of the molecule is O=C(Nc1ccn([C@H]2C[C@H](OC(=O)c3ccccc3)[C@@H](CO)O2)c(=O)n1)c1ccccc1. The summed E-state index contributed by atoms with van der Waals surface area (Å²) >= 11 is 0. The van der Waals surface area contributed by atoms with Crippen LogP contribution in [-0.2, 0) is 9.47 Å². The van der Waals surface area contributed by atoms with Crippen LogP contribution in [0.25, 0.3) is 0 Å². The molecule has 3 aromatic rings. The number of rotatable bonds is 6. The number of carbonyl (C=O) groups is 2. The smallest absolute Gasteiger partial charge is 0.351 e. The Morgan fingerprint density at radius 1 is 1.06 bits per heavy atom. The number of amides is 1. The highest BCUT2D eigenvalue weighted by atomic mass is 16.6. The van der Waals surface area contributed by atoms with Gasteiger partial charge in [-0.15, -0.1) is 0 Å². The lowest BCUT2D eigenvalue weighted by atomic mass is 10.1. The van der Waals surface area contributed by atoms with E-state index in [1.165, 1.54) is 16.8 Å². The van der Waals surface area contributed by atoms with Crippen molar-refractivity contribution < 1.29 is 24.2 Å². The predicted octanol–water partition coefficient (Wildman–Crippen LogP) is 2.00. The van der Waals surface area contributed by atoms with Crippen LogP contribution in [0.4, 0.5) is 5.82 Å². The van der Waals surface area contributed by atoms with E-state index in [4.69, 9.17) is 9.47 Å². The number of ether oxygens (including phenoxy) is 2. The summed E-state index contributed by atoms with van der Waals surface area (Å²) in [5.74, 6) is -0.827. The molecule has 164 valence electrons. The zero-order chi connectivity index (χ0) is 22.5. The average Bonchev–Trinajstić information content (AvgIpc) is 3.22. The van der Waals surface area contributed by atoms with Crippen LogP contribution in [0.15, 0.2) is 77.7 Å². The summed E-state index contributed by atoms with van der Waals surface area (Å²) in [6.45, 7) is -0.378. The van der Waals surface area contributed by atoms with Gasteiger partial charge in [-0.1, -0.05) is 36.4 Å². The number of nitrogens with one attached hydrogen (secondary N) is 1. The van der Waals surface area contributed by atoms with Crippen LogP contribution in [0.2, 0.25) is 0 Å². The molecule has 1 aromatic heterocycles. The minimum absolute atomic E-state index is 0.101. The zero-order valence-corrected chi connectivity index (χ0v) is 17.0. The Balaban J connectivity index is 1.45. The first kappa shape index (κ1) is 21.4. The number of nitrogens with zero attached hydrogens (tertiary/aromatic N) is 2. The van der Waals surface area contributed by atoms with Gasteiger partial charge in [0.1, 0.15) is 24.3 Å². The third kappa shape index (κ3) is 4.74. The third-order valence-corrected chi connectivity index (χ3v) is 5.05. The van der Waals surface area contributed by atoms with Crippen molar-refractivity contribution in [1.82, 2.24) is 9.55 Å². The van der Waals surface area contributed by atoms with Crippen LogP contribution in [0.3, 0.4) is 0 Å². The molecular formula is C23H21N3O6. The van der Waals surface area contributed by atoms with Crippen LogP contribution >= 0.6 is 0 Å². The van der Waals surface area contributed by atoms with Crippen molar-refractivity contribution in [3.63, 3.8) is 0 Å². The van der Waals surface area contributed by atoms with Crippen molar-refractivity contribution in [2.24, 2.45) is 0 Å². The van der Waals surface area contributed by atoms with E-state index in [2.05, 4.69) is 10.3 Å². The number of aromatic nitrogens is 2. The molecule has 0 saturated carbocycles. The second kappa shape index (κ2) is 9.54.